The van der Waals surface area contributed by atoms with Gasteiger partial charge in [-0.1, -0.05) is 51.1 Å². The molecule has 1 aliphatic carbocycles. The molecule has 0 spiro atoms. The number of benzene rings is 1. The van der Waals surface area contributed by atoms with Crippen LogP contribution in [0.1, 0.15) is 56.0 Å². The topological polar surface area (TPSA) is 75.4 Å². The number of primary amides is 1. The zero-order chi connectivity index (χ0) is 23.0. The molecular formula is C25H34FN3O2. The molecule has 1 heterocycles. The van der Waals surface area contributed by atoms with Gasteiger partial charge in [-0.25, -0.2) is 4.39 Å². The fourth-order valence-electron chi connectivity index (χ4n) is 3.39. The number of halogens is 1. The molecule has 0 saturated carbocycles. The first-order chi connectivity index (χ1) is 14.7. The van der Waals surface area contributed by atoms with E-state index in [9.17, 15) is 14.0 Å². The summed E-state index contributed by atoms with van der Waals surface area (Å²) in [5.41, 5.74) is 7.93. The fourth-order valence-corrected chi connectivity index (χ4v) is 3.39. The van der Waals surface area contributed by atoms with E-state index in [1.165, 1.54) is 6.07 Å². The average Bonchev–Trinajstić information content (AvgIpc) is 3.09. The van der Waals surface area contributed by atoms with E-state index in [0.29, 0.717) is 24.6 Å². The molecule has 3 rings (SSSR count). The summed E-state index contributed by atoms with van der Waals surface area (Å²) in [4.78, 5) is 25.0. The number of carbonyl (C=O) groups excluding carboxylic acids is 2. The molecule has 1 unspecified atom stereocenters. The Morgan fingerprint density at radius 3 is 2.55 bits per heavy atom. The number of hydrogen-bond donors (Lipinski definition) is 2. The molecule has 0 bridgehead atoms. The van der Waals surface area contributed by atoms with Crippen LogP contribution in [0.15, 0.2) is 53.6 Å². The summed E-state index contributed by atoms with van der Waals surface area (Å²) in [5, 5.41) is 3.24. The third-order valence-electron chi connectivity index (χ3n) is 5.42. The highest BCUT2D eigenvalue weighted by molar-refractivity contribution is 5.96. The van der Waals surface area contributed by atoms with Gasteiger partial charge in [-0.05, 0) is 55.0 Å². The molecule has 0 radical (unpaired) electrons. The highest BCUT2D eigenvalue weighted by atomic mass is 19.1. The van der Waals surface area contributed by atoms with E-state index in [2.05, 4.69) is 12.2 Å². The van der Waals surface area contributed by atoms with Crippen molar-refractivity contribution in [1.29, 1.82) is 0 Å². The van der Waals surface area contributed by atoms with Crippen molar-refractivity contribution in [1.82, 2.24) is 10.2 Å². The molecular weight excluding hydrogens is 393 g/mol. The van der Waals surface area contributed by atoms with Crippen LogP contribution in [-0.2, 0) is 4.79 Å². The quantitative estimate of drug-likeness (QED) is 0.767. The van der Waals surface area contributed by atoms with Gasteiger partial charge in [0.25, 0.3) is 5.91 Å². The Balaban J connectivity index is 0.000000245. The molecule has 6 heteroatoms. The van der Waals surface area contributed by atoms with Crippen LogP contribution in [0, 0.1) is 11.7 Å². The van der Waals surface area contributed by atoms with Gasteiger partial charge in [-0.2, -0.15) is 0 Å². The Bertz CT molecular complexity index is 879. The van der Waals surface area contributed by atoms with Crippen molar-refractivity contribution in [3.8, 4) is 0 Å². The van der Waals surface area contributed by atoms with E-state index in [4.69, 9.17) is 5.73 Å². The molecule has 1 fully saturated rings. The van der Waals surface area contributed by atoms with Gasteiger partial charge in [0.15, 0.2) is 0 Å². The monoisotopic (exact) mass is 427 g/mol. The molecule has 5 nitrogen and oxygen atoms in total. The fraction of sp³-hybridized carbons (Fsp3) is 0.440. The second kappa shape index (κ2) is 11.6. The lowest BCUT2D eigenvalue weighted by Crippen LogP contribution is -2.34. The molecule has 168 valence electrons. The van der Waals surface area contributed by atoms with Crippen LogP contribution in [-0.4, -0.2) is 42.9 Å². The van der Waals surface area contributed by atoms with E-state index in [-0.39, 0.29) is 23.3 Å². The first-order valence-electron chi connectivity index (χ1n) is 10.9. The predicted octanol–water partition coefficient (Wildman–Crippen LogP) is 3.93. The summed E-state index contributed by atoms with van der Waals surface area (Å²) < 4.78 is 13.9. The van der Waals surface area contributed by atoms with Gasteiger partial charge < -0.3 is 16.0 Å². The summed E-state index contributed by atoms with van der Waals surface area (Å²) in [7, 11) is 0. The second-order valence-electron chi connectivity index (χ2n) is 8.33. The average molecular weight is 428 g/mol. The van der Waals surface area contributed by atoms with Gasteiger partial charge in [0.05, 0.1) is 5.56 Å². The molecule has 1 aromatic carbocycles. The van der Waals surface area contributed by atoms with Gasteiger partial charge >= 0.3 is 0 Å². The molecule has 31 heavy (non-hydrogen) atoms. The normalized spacial score (nSPS) is 18.9. The van der Waals surface area contributed by atoms with Crippen molar-refractivity contribution in [3.63, 3.8) is 0 Å². The van der Waals surface area contributed by atoms with Crippen molar-refractivity contribution in [3.05, 3.63) is 70.6 Å². The summed E-state index contributed by atoms with van der Waals surface area (Å²) >= 11 is 0. The van der Waals surface area contributed by atoms with Crippen LogP contribution >= 0.6 is 0 Å². The zero-order valence-electron chi connectivity index (χ0n) is 19.0. The SMILES string of the molecule is CC(C)c1ccc(F)c(C(=O)N2CCCNCC2)c1.CC1=C(C(N)=O)C=CC(C)C=C1. The summed E-state index contributed by atoms with van der Waals surface area (Å²) in [5.74, 6) is -0.312. The highest BCUT2D eigenvalue weighted by Crippen LogP contribution is 2.20. The molecule has 3 N–H and O–H groups in total. The minimum absolute atomic E-state index is 0.191. The number of nitrogens with one attached hydrogen (secondary N) is 1. The molecule has 1 atom stereocenters. The number of carbonyl (C=O) groups is 2. The number of amides is 2. The van der Waals surface area contributed by atoms with Crippen molar-refractivity contribution in [2.24, 2.45) is 11.7 Å². The van der Waals surface area contributed by atoms with Crippen molar-refractivity contribution >= 4 is 11.8 Å². The third kappa shape index (κ3) is 7.17. The maximum absolute atomic E-state index is 13.9. The molecule has 0 aromatic heterocycles. The third-order valence-corrected chi connectivity index (χ3v) is 5.42. The Hall–Kier alpha value is -2.73. The lowest BCUT2D eigenvalue weighted by Gasteiger charge is -2.21. The van der Waals surface area contributed by atoms with Crippen molar-refractivity contribution < 1.29 is 14.0 Å². The van der Waals surface area contributed by atoms with E-state index in [1.54, 1.807) is 23.1 Å². The standard InChI is InChI=1S/C15H21FN2O.C10H13NO/c1-11(2)12-4-5-14(16)13(10-12)15(19)18-8-3-6-17-7-9-18;1-7-3-5-8(2)9(6-4-7)10(11)12/h4-5,10-11,17H,3,6-9H2,1-2H3;3-7H,1-2H3,(H2,11,12). The van der Waals surface area contributed by atoms with Crippen molar-refractivity contribution in [2.45, 2.75) is 40.0 Å². The molecule has 1 aliphatic heterocycles. The first-order valence-corrected chi connectivity index (χ1v) is 10.9. The minimum Gasteiger partial charge on any atom is -0.366 e. The van der Waals surface area contributed by atoms with Gasteiger partial charge in [0.1, 0.15) is 5.82 Å². The van der Waals surface area contributed by atoms with E-state index >= 15 is 0 Å². The summed E-state index contributed by atoms with van der Waals surface area (Å²) in [6.07, 6.45) is 8.65. The first kappa shape index (κ1) is 24.5. The molecule has 1 aromatic rings. The lowest BCUT2D eigenvalue weighted by atomic mass is 10.00. The second-order valence-corrected chi connectivity index (χ2v) is 8.33. The Labute approximate surface area is 184 Å². The minimum atomic E-state index is -0.424. The number of hydrogen-bond acceptors (Lipinski definition) is 3. The number of allylic oxidation sites excluding steroid dienone is 4. The largest absolute Gasteiger partial charge is 0.366 e. The zero-order valence-corrected chi connectivity index (χ0v) is 19.0. The van der Waals surface area contributed by atoms with Gasteiger partial charge in [0.2, 0.25) is 5.91 Å². The van der Waals surface area contributed by atoms with Crippen LogP contribution in [0.25, 0.3) is 0 Å². The van der Waals surface area contributed by atoms with Crippen LogP contribution < -0.4 is 11.1 Å². The Morgan fingerprint density at radius 2 is 1.87 bits per heavy atom. The smallest absolute Gasteiger partial charge is 0.256 e. The maximum atomic E-state index is 13.9. The molecule has 2 aliphatic rings. The Kier molecular flexibility index (Phi) is 9.19. The summed E-state index contributed by atoms with van der Waals surface area (Å²) in [6.45, 7) is 11.1. The van der Waals surface area contributed by atoms with Crippen LogP contribution in [0.4, 0.5) is 4.39 Å². The lowest BCUT2D eigenvalue weighted by molar-refractivity contribution is -0.114. The predicted molar refractivity (Wildman–Crippen MR) is 123 cm³/mol. The number of rotatable bonds is 3. The molecule has 2 amide bonds. The van der Waals surface area contributed by atoms with Crippen LogP contribution in [0.2, 0.25) is 0 Å². The van der Waals surface area contributed by atoms with Crippen molar-refractivity contribution in [2.75, 3.05) is 26.2 Å². The van der Waals surface area contributed by atoms with Gasteiger partial charge in [-0.3, -0.25) is 9.59 Å². The van der Waals surface area contributed by atoms with Gasteiger partial charge in [0, 0.05) is 25.2 Å². The van der Waals surface area contributed by atoms with Crippen LogP contribution in [0.3, 0.4) is 0 Å². The number of nitrogens with zero attached hydrogens (tertiary/aromatic N) is 1. The van der Waals surface area contributed by atoms with Crippen LogP contribution in [0.5, 0.6) is 0 Å². The van der Waals surface area contributed by atoms with E-state index in [0.717, 1.165) is 30.6 Å². The van der Waals surface area contributed by atoms with E-state index < -0.39 is 5.82 Å². The molecule has 1 saturated heterocycles. The maximum Gasteiger partial charge on any atom is 0.256 e. The summed E-state index contributed by atoms with van der Waals surface area (Å²) in [6, 6.07) is 4.85. The number of nitrogens with two attached hydrogens (primary N) is 1. The highest BCUT2D eigenvalue weighted by Gasteiger charge is 2.21. The van der Waals surface area contributed by atoms with Gasteiger partial charge in [-0.15, -0.1) is 0 Å². The van der Waals surface area contributed by atoms with E-state index in [1.807, 2.05) is 39.0 Å². The Morgan fingerprint density at radius 1 is 1.16 bits per heavy atom.